The number of rotatable bonds is 1. The number of hydrogen-bond donors (Lipinski definition) is 1. The van der Waals surface area contributed by atoms with Crippen LogP contribution in [0.15, 0.2) is 16.6 Å². The van der Waals surface area contributed by atoms with Crippen LogP contribution in [0.2, 0.25) is 0 Å². The average molecular weight is 311 g/mol. The zero-order valence-electron chi connectivity index (χ0n) is 10.6. The van der Waals surface area contributed by atoms with Crippen molar-refractivity contribution >= 4 is 33.4 Å². The van der Waals surface area contributed by atoms with Crippen LogP contribution >= 0.6 is 15.9 Å². The molecule has 4 nitrogen and oxygen atoms in total. The predicted octanol–water partition coefficient (Wildman–Crippen LogP) is 1.92. The highest BCUT2D eigenvalue weighted by atomic mass is 79.9. The molecule has 0 aromatic heterocycles. The normalized spacial score (nSPS) is 20.0. The van der Waals surface area contributed by atoms with Crippen molar-refractivity contribution in [3.8, 4) is 0 Å². The molecule has 0 radical (unpaired) electrons. The summed E-state index contributed by atoms with van der Waals surface area (Å²) in [6.07, 6.45) is 0. The minimum absolute atomic E-state index is 0.0734. The van der Waals surface area contributed by atoms with Gasteiger partial charge in [0.15, 0.2) is 0 Å². The average Bonchev–Trinajstić information content (AvgIpc) is 2.30. The SMILES string of the molecule is Cc1cc(N2CC(=O)NC(C)C2=O)cc(C)c1Br. The molecule has 1 saturated heterocycles. The van der Waals surface area contributed by atoms with Crippen LogP contribution in [0.3, 0.4) is 0 Å². The van der Waals surface area contributed by atoms with Crippen LogP contribution in [-0.4, -0.2) is 24.4 Å². The largest absolute Gasteiger partial charge is 0.343 e. The number of amides is 2. The Bertz CT molecular complexity index is 505. The summed E-state index contributed by atoms with van der Waals surface area (Å²) in [7, 11) is 0. The maximum atomic E-state index is 12.1. The quantitative estimate of drug-likeness (QED) is 0.861. The van der Waals surface area contributed by atoms with Crippen LogP contribution in [0.4, 0.5) is 5.69 Å². The van der Waals surface area contributed by atoms with Crippen molar-refractivity contribution in [3.05, 3.63) is 27.7 Å². The Balaban J connectivity index is 2.41. The van der Waals surface area contributed by atoms with Crippen molar-refractivity contribution in [2.45, 2.75) is 26.8 Å². The third-order valence-electron chi connectivity index (χ3n) is 3.05. The molecule has 96 valence electrons. The number of hydrogen-bond acceptors (Lipinski definition) is 2. The van der Waals surface area contributed by atoms with Gasteiger partial charge in [0.25, 0.3) is 0 Å². The summed E-state index contributed by atoms with van der Waals surface area (Å²) >= 11 is 3.49. The van der Waals surface area contributed by atoms with Gasteiger partial charge in [-0.05, 0) is 44.0 Å². The van der Waals surface area contributed by atoms with E-state index in [1.54, 1.807) is 6.92 Å². The molecular weight excluding hydrogens is 296 g/mol. The molecule has 2 rings (SSSR count). The first kappa shape index (κ1) is 13.1. The molecule has 1 aromatic rings. The molecule has 0 spiro atoms. The molecule has 1 aliphatic heterocycles. The molecular formula is C13H15BrN2O2. The summed E-state index contributed by atoms with van der Waals surface area (Å²) in [4.78, 5) is 25.1. The fourth-order valence-corrected chi connectivity index (χ4v) is 2.33. The lowest BCUT2D eigenvalue weighted by molar-refractivity contribution is -0.130. The van der Waals surface area contributed by atoms with Gasteiger partial charge >= 0.3 is 0 Å². The van der Waals surface area contributed by atoms with E-state index in [0.29, 0.717) is 0 Å². The summed E-state index contributed by atoms with van der Waals surface area (Å²) in [6, 6.07) is 3.37. The molecule has 1 aromatic carbocycles. The molecule has 5 heteroatoms. The van der Waals surface area contributed by atoms with Crippen molar-refractivity contribution in [2.24, 2.45) is 0 Å². The molecule has 1 heterocycles. The van der Waals surface area contributed by atoms with Gasteiger partial charge in [-0.25, -0.2) is 0 Å². The number of anilines is 1. The Morgan fingerprint density at radius 3 is 2.39 bits per heavy atom. The summed E-state index contributed by atoms with van der Waals surface area (Å²) < 4.78 is 1.04. The lowest BCUT2D eigenvalue weighted by Crippen LogP contribution is -2.57. The van der Waals surface area contributed by atoms with E-state index < -0.39 is 6.04 Å². The first-order valence-corrected chi connectivity index (χ1v) is 6.57. The molecule has 0 bridgehead atoms. The molecule has 1 aliphatic rings. The number of nitrogens with one attached hydrogen (secondary N) is 1. The Morgan fingerprint density at radius 1 is 1.28 bits per heavy atom. The summed E-state index contributed by atoms with van der Waals surface area (Å²) in [5.41, 5.74) is 2.88. The Kier molecular flexibility index (Phi) is 3.43. The van der Waals surface area contributed by atoms with Gasteiger partial charge in [-0.15, -0.1) is 0 Å². The van der Waals surface area contributed by atoms with Gasteiger partial charge in [-0.1, -0.05) is 15.9 Å². The molecule has 1 N–H and O–H groups in total. The molecule has 1 unspecified atom stereocenters. The first-order valence-electron chi connectivity index (χ1n) is 5.77. The highest BCUT2D eigenvalue weighted by Gasteiger charge is 2.30. The van der Waals surface area contributed by atoms with Gasteiger partial charge < -0.3 is 10.2 Å². The van der Waals surface area contributed by atoms with Crippen molar-refractivity contribution in [1.29, 1.82) is 0 Å². The van der Waals surface area contributed by atoms with E-state index in [2.05, 4.69) is 21.2 Å². The van der Waals surface area contributed by atoms with Crippen molar-refractivity contribution in [2.75, 3.05) is 11.4 Å². The van der Waals surface area contributed by atoms with E-state index in [0.717, 1.165) is 21.3 Å². The van der Waals surface area contributed by atoms with E-state index in [9.17, 15) is 9.59 Å². The maximum absolute atomic E-state index is 12.1. The smallest absolute Gasteiger partial charge is 0.249 e. The van der Waals surface area contributed by atoms with Crippen LogP contribution in [-0.2, 0) is 9.59 Å². The minimum Gasteiger partial charge on any atom is -0.343 e. The molecule has 1 fully saturated rings. The van der Waals surface area contributed by atoms with Gasteiger partial charge in [0.2, 0.25) is 11.8 Å². The number of carbonyl (C=O) groups is 2. The highest BCUT2D eigenvalue weighted by Crippen LogP contribution is 2.28. The Morgan fingerprint density at radius 2 is 1.83 bits per heavy atom. The van der Waals surface area contributed by atoms with E-state index in [4.69, 9.17) is 0 Å². The summed E-state index contributed by atoms with van der Waals surface area (Å²) in [5, 5.41) is 2.63. The molecule has 1 atom stereocenters. The number of benzene rings is 1. The molecule has 18 heavy (non-hydrogen) atoms. The second-order valence-electron chi connectivity index (χ2n) is 4.61. The predicted molar refractivity (Wildman–Crippen MR) is 73.6 cm³/mol. The number of carbonyl (C=O) groups excluding carboxylic acids is 2. The van der Waals surface area contributed by atoms with Crippen molar-refractivity contribution in [3.63, 3.8) is 0 Å². The number of piperazine rings is 1. The van der Waals surface area contributed by atoms with Crippen molar-refractivity contribution in [1.82, 2.24) is 5.32 Å². The van der Waals surface area contributed by atoms with Gasteiger partial charge in [-0.2, -0.15) is 0 Å². The standard InChI is InChI=1S/C13H15BrN2O2/c1-7-4-10(5-8(2)12(7)14)16-6-11(17)15-9(3)13(16)18/h4-5,9H,6H2,1-3H3,(H,15,17). The van der Waals surface area contributed by atoms with E-state index >= 15 is 0 Å². The summed E-state index contributed by atoms with van der Waals surface area (Å²) in [5.74, 6) is -0.198. The van der Waals surface area contributed by atoms with Gasteiger partial charge in [-0.3, -0.25) is 9.59 Å². The fraction of sp³-hybridized carbons (Fsp3) is 0.385. The number of nitrogens with zero attached hydrogens (tertiary/aromatic N) is 1. The zero-order chi connectivity index (χ0) is 13.4. The Hall–Kier alpha value is -1.36. The third-order valence-corrected chi connectivity index (χ3v) is 4.30. The monoisotopic (exact) mass is 310 g/mol. The van der Waals surface area contributed by atoms with Crippen LogP contribution < -0.4 is 10.2 Å². The molecule has 2 amide bonds. The van der Waals surface area contributed by atoms with Gasteiger partial charge in [0.1, 0.15) is 12.6 Å². The zero-order valence-corrected chi connectivity index (χ0v) is 12.2. The topological polar surface area (TPSA) is 49.4 Å². The van der Waals surface area contributed by atoms with Crippen molar-refractivity contribution < 1.29 is 9.59 Å². The maximum Gasteiger partial charge on any atom is 0.249 e. The fourth-order valence-electron chi connectivity index (χ4n) is 2.10. The van der Waals surface area contributed by atoms with Crippen LogP contribution in [0.1, 0.15) is 18.1 Å². The van der Waals surface area contributed by atoms with E-state index in [1.807, 2.05) is 26.0 Å². The number of aryl methyl sites for hydroxylation is 2. The summed E-state index contributed by atoms with van der Waals surface area (Å²) in [6.45, 7) is 5.73. The first-order chi connectivity index (χ1) is 8.40. The van der Waals surface area contributed by atoms with Crippen LogP contribution in [0.5, 0.6) is 0 Å². The second-order valence-corrected chi connectivity index (χ2v) is 5.40. The number of halogens is 1. The van der Waals surface area contributed by atoms with Crippen LogP contribution in [0, 0.1) is 13.8 Å². The minimum atomic E-state index is -0.462. The van der Waals surface area contributed by atoms with E-state index in [1.165, 1.54) is 4.90 Å². The lowest BCUT2D eigenvalue weighted by Gasteiger charge is -2.31. The lowest BCUT2D eigenvalue weighted by atomic mass is 10.1. The Labute approximate surface area is 114 Å². The van der Waals surface area contributed by atoms with Gasteiger partial charge in [0, 0.05) is 10.2 Å². The molecule has 0 saturated carbocycles. The third kappa shape index (κ3) is 2.27. The van der Waals surface area contributed by atoms with E-state index in [-0.39, 0.29) is 18.4 Å². The van der Waals surface area contributed by atoms with Gasteiger partial charge in [0.05, 0.1) is 0 Å². The molecule has 0 aliphatic carbocycles. The highest BCUT2D eigenvalue weighted by molar-refractivity contribution is 9.10. The van der Waals surface area contributed by atoms with Crippen LogP contribution in [0.25, 0.3) is 0 Å². The second kappa shape index (κ2) is 4.72.